The zero-order valence-electron chi connectivity index (χ0n) is 8.91. The molecule has 0 radical (unpaired) electrons. The van der Waals surface area contributed by atoms with Crippen LogP contribution in [0.3, 0.4) is 0 Å². The molecule has 0 saturated heterocycles. The summed E-state index contributed by atoms with van der Waals surface area (Å²) in [4.78, 5) is 2.23. The van der Waals surface area contributed by atoms with Crippen molar-refractivity contribution in [1.82, 2.24) is 0 Å². The molecule has 2 aromatic rings. The van der Waals surface area contributed by atoms with Gasteiger partial charge in [0.25, 0.3) is 0 Å². The summed E-state index contributed by atoms with van der Waals surface area (Å²) in [6.07, 6.45) is 0. The molecule has 82 valence electrons. The molecule has 0 bridgehead atoms. The Balaban J connectivity index is 2.27. The van der Waals surface area contributed by atoms with Crippen LogP contribution in [0.25, 0.3) is 0 Å². The molecule has 0 atom stereocenters. The van der Waals surface area contributed by atoms with Gasteiger partial charge in [0.05, 0.1) is 0 Å². The van der Waals surface area contributed by atoms with E-state index in [9.17, 15) is 0 Å². The van der Waals surface area contributed by atoms with Gasteiger partial charge in [-0.05, 0) is 42.8 Å². The van der Waals surface area contributed by atoms with Crippen molar-refractivity contribution in [3.05, 3.63) is 53.1 Å². The smallest absolute Gasteiger partial charge is 0.0485 e. The van der Waals surface area contributed by atoms with Crippen molar-refractivity contribution in [3.8, 4) is 0 Å². The fourth-order valence-electron chi connectivity index (χ4n) is 1.37. The third kappa shape index (κ3) is 2.52. The summed E-state index contributed by atoms with van der Waals surface area (Å²) in [6.45, 7) is 2.02. The summed E-state index contributed by atoms with van der Waals surface area (Å²) in [5.41, 5.74) is 7.97. The maximum atomic E-state index is 6.01. The van der Waals surface area contributed by atoms with Gasteiger partial charge >= 0.3 is 0 Å². The van der Waals surface area contributed by atoms with E-state index in [1.54, 1.807) is 11.8 Å². The van der Waals surface area contributed by atoms with Crippen molar-refractivity contribution in [1.29, 1.82) is 0 Å². The molecule has 2 rings (SSSR count). The van der Waals surface area contributed by atoms with Crippen molar-refractivity contribution in [2.24, 2.45) is 0 Å². The zero-order valence-corrected chi connectivity index (χ0v) is 10.5. The van der Waals surface area contributed by atoms with E-state index in [2.05, 4.69) is 0 Å². The van der Waals surface area contributed by atoms with Crippen molar-refractivity contribution in [2.75, 3.05) is 5.73 Å². The first-order valence-electron chi connectivity index (χ1n) is 4.95. The Kier molecular flexibility index (Phi) is 3.42. The molecule has 2 aromatic carbocycles. The molecular weight excluding hydrogens is 238 g/mol. The monoisotopic (exact) mass is 249 g/mol. The minimum Gasteiger partial charge on any atom is -0.398 e. The number of hydrogen-bond donors (Lipinski definition) is 1. The second kappa shape index (κ2) is 4.81. The molecule has 0 unspecified atom stereocenters. The molecule has 0 aliphatic heterocycles. The summed E-state index contributed by atoms with van der Waals surface area (Å²) in [6, 6.07) is 13.8. The Bertz CT molecular complexity index is 494. The van der Waals surface area contributed by atoms with Crippen LogP contribution in [0.1, 0.15) is 5.56 Å². The first-order chi connectivity index (χ1) is 7.66. The van der Waals surface area contributed by atoms with Crippen molar-refractivity contribution >= 4 is 29.1 Å². The SMILES string of the molecule is Cc1cccc(Sc2ccc(Cl)cc2)c1N. The van der Waals surface area contributed by atoms with Crippen LogP contribution in [0.2, 0.25) is 5.02 Å². The topological polar surface area (TPSA) is 26.0 Å². The minimum atomic E-state index is 0.751. The predicted molar refractivity (Wildman–Crippen MR) is 71.2 cm³/mol. The Morgan fingerprint density at radius 1 is 1.06 bits per heavy atom. The van der Waals surface area contributed by atoms with Gasteiger partial charge in [-0.25, -0.2) is 0 Å². The van der Waals surface area contributed by atoms with E-state index < -0.39 is 0 Å². The zero-order chi connectivity index (χ0) is 11.5. The lowest BCUT2D eigenvalue weighted by atomic mass is 10.2. The maximum absolute atomic E-state index is 6.01. The molecule has 0 heterocycles. The van der Waals surface area contributed by atoms with Crippen LogP contribution in [-0.4, -0.2) is 0 Å². The third-order valence-corrected chi connectivity index (χ3v) is 3.66. The Morgan fingerprint density at radius 2 is 1.75 bits per heavy atom. The fourth-order valence-corrected chi connectivity index (χ4v) is 2.44. The number of aryl methyl sites for hydroxylation is 1. The highest BCUT2D eigenvalue weighted by atomic mass is 35.5. The van der Waals surface area contributed by atoms with Crippen molar-refractivity contribution < 1.29 is 0 Å². The fraction of sp³-hybridized carbons (Fsp3) is 0.0769. The molecule has 1 nitrogen and oxygen atoms in total. The average Bonchev–Trinajstić information content (AvgIpc) is 2.28. The molecule has 3 heteroatoms. The van der Waals surface area contributed by atoms with E-state index in [1.807, 2.05) is 49.4 Å². The lowest BCUT2D eigenvalue weighted by Crippen LogP contribution is -1.91. The first-order valence-corrected chi connectivity index (χ1v) is 6.15. The largest absolute Gasteiger partial charge is 0.398 e. The van der Waals surface area contributed by atoms with Gasteiger partial charge in [-0.1, -0.05) is 35.5 Å². The van der Waals surface area contributed by atoms with Crippen LogP contribution in [0.4, 0.5) is 5.69 Å². The van der Waals surface area contributed by atoms with Gasteiger partial charge in [0.2, 0.25) is 0 Å². The van der Waals surface area contributed by atoms with Gasteiger partial charge in [-0.15, -0.1) is 0 Å². The van der Waals surface area contributed by atoms with Crippen LogP contribution >= 0.6 is 23.4 Å². The van der Waals surface area contributed by atoms with E-state index in [-0.39, 0.29) is 0 Å². The summed E-state index contributed by atoms with van der Waals surface area (Å²) in [5, 5.41) is 0.751. The van der Waals surface area contributed by atoms with E-state index in [0.29, 0.717) is 0 Å². The highest BCUT2D eigenvalue weighted by Crippen LogP contribution is 2.33. The first kappa shape index (κ1) is 11.4. The van der Waals surface area contributed by atoms with Crippen LogP contribution in [0.5, 0.6) is 0 Å². The third-order valence-electron chi connectivity index (χ3n) is 2.33. The number of hydrogen-bond acceptors (Lipinski definition) is 2. The number of para-hydroxylation sites is 1. The van der Waals surface area contributed by atoms with Gasteiger partial charge < -0.3 is 5.73 Å². The molecule has 0 aliphatic carbocycles. The number of nitrogen functional groups attached to an aromatic ring is 1. The molecule has 16 heavy (non-hydrogen) atoms. The molecule has 0 saturated carbocycles. The summed E-state index contributed by atoms with van der Waals surface area (Å²) >= 11 is 7.49. The highest BCUT2D eigenvalue weighted by Gasteiger charge is 2.03. The van der Waals surface area contributed by atoms with Crippen LogP contribution in [-0.2, 0) is 0 Å². The Labute approximate surface area is 105 Å². The van der Waals surface area contributed by atoms with E-state index in [4.69, 9.17) is 17.3 Å². The second-order valence-corrected chi connectivity index (χ2v) is 5.09. The second-order valence-electron chi connectivity index (χ2n) is 3.54. The minimum absolute atomic E-state index is 0.751. The predicted octanol–water partition coefficient (Wildman–Crippen LogP) is 4.38. The van der Waals surface area contributed by atoms with Gasteiger partial charge in [-0.2, -0.15) is 0 Å². The lowest BCUT2D eigenvalue weighted by molar-refractivity contribution is 1.35. The standard InChI is InChI=1S/C13H12ClNS/c1-9-3-2-4-12(13(9)15)16-11-7-5-10(14)6-8-11/h2-8H,15H2,1H3. The van der Waals surface area contributed by atoms with E-state index in [0.717, 1.165) is 26.1 Å². The Morgan fingerprint density at radius 3 is 2.44 bits per heavy atom. The van der Waals surface area contributed by atoms with Gasteiger partial charge in [0.1, 0.15) is 0 Å². The molecule has 0 amide bonds. The Hall–Kier alpha value is -1.12. The van der Waals surface area contributed by atoms with Crippen LogP contribution in [0.15, 0.2) is 52.3 Å². The molecule has 0 aliphatic rings. The lowest BCUT2D eigenvalue weighted by Gasteiger charge is -2.07. The molecular formula is C13H12ClNS. The van der Waals surface area contributed by atoms with Crippen molar-refractivity contribution in [3.63, 3.8) is 0 Å². The normalized spacial score (nSPS) is 10.4. The summed E-state index contributed by atoms with van der Waals surface area (Å²) in [5.74, 6) is 0. The number of halogens is 1. The maximum Gasteiger partial charge on any atom is 0.0485 e. The van der Waals surface area contributed by atoms with E-state index in [1.165, 1.54) is 0 Å². The van der Waals surface area contributed by atoms with Crippen LogP contribution in [0, 0.1) is 6.92 Å². The average molecular weight is 250 g/mol. The quantitative estimate of drug-likeness (QED) is 0.800. The summed E-state index contributed by atoms with van der Waals surface area (Å²) in [7, 11) is 0. The van der Waals surface area contributed by atoms with Gasteiger partial charge in [0.15, 0.2) is 0 Å². The van der Waals surface area contributed by atoms with Crippen molar-refractivity contribution in [2.45, 2.75) is 16.7 Å². The molecule has 0 fully saturated rings. The number of nitrogens with two attached hydrogens (primary N) is 1. The molecule has 0 aromatic heterocycles. The van der Waals surface area contributed by atoms with E-state index >= 15 is 0 Å². The highest BCUT2D eigenvalue weighted by molar-refractivity contribution is 7.99. The number of rotatable bonds is 2. The number of benzene rings is 2. The summed E-state index contributed by atoms with van der Waals surface area (Å²) < 4.78 is 0. The van der Waals surface area contributed by atoms with Gasteiger partial charge in [-0.3, -0.25) is 0 Å². The van der Waals surface area contributed by atoms with Gasteiger partial charge in [0, 0.05) is 20.5 Å². The van der Waals surface area contributed by atoms with Crippen LogP contribution < -0.4 is 5.73 Å². The molecule has 0 spiro atoms. The number of anilines is 1. The molecule has 2 N–H and O–H groups in total.